The monoisotopic (exact) mass is 302 g/mol. The van der Waals surface area contributed by atoms with E-state index in [-0.39, 0.29) is 12.3 Å². The molecule has 7 heteroatoms. The Morgan fingerprint density at radius 2 is 2.09 bits per heavy atom. The zero-order valence-electron chi connectivity index (χ0n) is 12.7. The van der Waals surface area contributed by atoms with Gasteiger partial charge in [-0.2, -0.15) is 0 Å². The van der Waals surface area contributed by atoms with Gasteiger partial charge in [0.15, 0.2) is 0 Å². The van der Waals surface area contributed by atoms with Crippen LogP contribution in [0, 0.1) is 13.8 Å². The van der Waals surface area contributed by atoms with Gasteiger partial charge in [-0.25, -0.2) is 4.68 Å². The van der Waals surface area contributed by atoms with Gasteiger partial charge < -0.3 is 10.4 Å². The summed E-state index contributed by atoms with van der Waals surface area (Å²) in [4.78, 5) is 23.2. The van der Waals surface area contributed by atoms with Crippen LogP contribution in [0.25, 0.3) is 0 Å². The number of carbonyl (C=O) groups excluding carboxylic acids is 1. The molecule has 7 nitrogen and oxygen atoms in total. The normalized spacial score (nSPS) is 12.0. The molecule has 0 bridgehead atoms. The average Bonchev–Trinajstić information content (AvgIpc) is 2.89. The number of nitrogens with one attached hydrogen (secondary N) is 1. The lowest BCUT2D eigenvalue weighted by molar-refractivity contribution is -0.136. The van der Waals surface area contributed by atoms with E-state index in [1.54, 1.807) is 6.92 Å². The van der Waals surface area contributed by atoms with Gasteiger partial charge in [0.25, 0.3) is 0 Å². The van der Waals surface area contributed by atoms with Gasteiger partial charge in [0.05, 0.1) is 18.3 Å². The fraction of sp³-hybridized carbons (Fsp3) is 0.333. The Kier molecular flexibility index (Phi) is 4.55. The standard InChI is InChI=1S/C15H18N4O3/c1-9-4-5-10(2)13(6-9)17-15(22)11(3)19-12(7-14(20)21)8-16-18-19/h4-6,8,11H,7H2,1-3H3,(H,17,22)(H,20,21). The summed E-state index contributed by atoms with van der Waals surface area (Å²) in [5.41, 5.74) is 3.12. The third-order valence-electron chi connectivity index (χ3n) is 3.38. The summed E-state index contributed by atoms with van der Waals surface area (Å²) in [6.45, 7) is 5.51. The number of nitrogens with zero attached hydrogens (tertiary/aromatic N) is 3. The summed E-state index contributed by atoms with van der Waals surface area (Å²) in [5.74, 6) is -1.27. The number of aliphatic carboxylic acids is 1. The third kappa shape index (κ3) is 3.49. The van der Waals surface area contributed by atoms with Crippen LogP contribution in [0.1, 0.15) is 29.8 Å². The second-order valence-corrected chi connectivity index (χ2v) is 5.22. The second kappa shape index (κ2) is 6.38. The van der Waals surface area contributed by atoms with E-state index in [4.69, 9.17) is 5.11 Å². The van der Waals surface area contributed by atoms with Gasteiger partial charge in [-0.15, -0.1) is 5.10 Å². The van der Waals surface area contributed by atoms with E-state index in [1.165, 1.54) is 10.9 Å². The quantitative estimate of drug-likeness (QED) is 0.876. The first-order valence-electron chi connectivity index (χ1n) is 6.87. The van der Waals surface area contributed by atoms with Crippen LogP contribution in [-0.4, -0.2) is 32.0 Å². The van der Waals surface area contributed by atoms with Crippen LogP contribution in [0.3, 0.4) is 0 Å². The molecule has 0 aliphatic rings. The van der Waals surface area contributed by atoms with Crippen LogP contribution in [0.2, 0.25) is 0 Å². The zero-order chi connectivity index (χ0) is 16.3. The zero-order valence-corrected chi connectivity index (χ0v) is 12.7. The second-order valence-electron chi connectivity index (χ2n) is 5.22. The molecule has 2 rings (SSSR count). The summed E-state index contributed by atoms with van der Waals surface area (Å²) in [7, 11) is 0. The predicted molar refractivity (Wildman–Crippen MR) is 80.6 cm³/mol. The number of amides is 1. The van der Waals surface area contributed by atoms with Gasteiger partial charge in [0, 0.05) is 5.69 Å². The summed E-state index contributed by atoms with van der Waals surface area (Å²) in [6.07, 6.45) is 1.13. The Balaban J connectivity index is 2.17. The van der Waals surface area contributed by atoms with Crippen LogP contribution >= 0.6 is 0 Å². The number of hydrogen-bond acceptors (Lipinski definition) is 4. The molecule has 0 aliphatic heterocycles. The number of anilines is 1. The molecular weight excluding hydrogens is 284 g/mol. The Labute approximate surface area is 128 Å². The lowest BCUT2D eigenvalue weighted by atomic mass is 10.1. The highest BCUT2D eigenvalue weighted by Crippen LogP contribution is 2.18. The van der Waals surface area contributed by atoms with Crippen molar-refractivity contribution in [3.63, 3.8) is 0 Å². The molecule has 116 valence electrons. The molecule has 1 aromatic heterocycles. The SMILES string of the molecule is Cc1ccc(C)c(NC(=O)C(C)n2nncc2CC(=O)O)c1. The molecule has 2 N–H and O–H groups in total. The van der Waals surface area contributed by atoms with Gasteiger partial charge in [-0.05, 0) is 38.0 Å². The number of carboxylic acids is 1. The number of carbonyl (C=O) groups is 2. The Hall–Kier alpha value is -2.70. The molecule has 0 saturated heterocycles. The lowest BCUT2D eigenvalue weighted by Crippen LogP contribution is -2.26. The van der Waals surface area contributed by atoms with Crippen molar-refractivity contribution in [2.24, 2.45) is 0 Å². The van der Waals surface area contributed by atoms with E-state index in [1.807, 2.05) is 32.0 Å². The van der Waals surface area contributed by atoms with Crippen molar-refractivity contribution < 1.29 is 14.7 Å². The molecule has 1 atom stereocenters. The predicted octanol–water partition coefficient (Wildman–Crippen LogP) is 1.72. The van der Waals surface area contributed by atoms with Crippen molar-refractivity contribution in [3.05, 3.63) is 41.2 Å². The van der Waals surface area contributed by atoms with E-state index < -0.39 is 12.0 Å². The highest BCUT2D eigenvalue weighted by atomic mass is 16.4. The van der Waals surface area contributed by atoms with Crippen molar-refractivity contribution in [1.29, 1.82) is 0 Å². The van der Waals surface area contributed by atoms with Crippen molar-refractivity contribution in [2.75, 3.05) is 5.32 Å². The maximum atomic E-state index is 12.4. The van der Waals surface area contributed by atoms with Crippen molar-refractivity contribution in [2.45, 2.75) is 33.2 Å². The fourth-order valence-electron chi connectivity index (χ4n) is 2.09. The molecule has 0 fully saturated rings. The summed E-state index contributed by atoms with van der Waals surface area (Å²) >= 11 is 0. The third-order valence-corrected chi connectivity index (χ3v) is 3.38. The molecule has 0 aliphatic carbocycles. The van der Waals surface area contributed by atoms with Crippen LogP contribution in [0.4, 0.5) is 5.69 Å². The molecule has 0 radical (unpaired) electrons. The topological polar surface area (TPSA) is 97.1 Å². The van der Waals surface area contributed by atoms with Crippen LogP contribution in [0.5, 0.6) is 0 Å². The highest BCUT2D eigenvalue weighted by molar-refractivity contribution is 5.94. The average molecular weight is 302 g/mol. The Bertz CT molecular complexity index is 709. The number of benzene rings is 1. The fourth-order valence-corrected chi connectivity index (χ4v) is 2.09. The van der Waals surface area contributed by atoms with Crippen molar-refractivity contribution in [3.8, 4) is 0 Å². The van der Waals surface area contributed by atoms with E-state index >= 15 is 0 Å². The molecule has 1 amide bonds. The number of rotatable bonds is 5. The van der Waals surface area contributed by atoms with Gasteiger partial charge in [-0.3, -0.25) is 9.59 Å². The van der Waals surface area contributed by atoms with E-state index in [2.05, 4.69) is 15.6 Å². The van der Waals surface area contributed by atoms with Crippen molar-refractivity contribution in [1.82, 2.24) is 15.0 Å². The minimum Gasteiger partial charge on any atom is -0.481 e. The molecular formula is C15H18N4O3. The summed E-state index contributed by atoms with van der Waals surface area (Å²) in [6, 6.07) is 5.13. The highest BCUT2D eigenvalue weighted by Gasteiger charge is 2.20. The van der Waals surface area contributed by atoms with E-state index in [9.17, 15) is 9.59 Å². The minimum absolute atomic E-state index is 0.228. The molecule has 1 heterocycles. The number of aromatic nitrogens is 3. The largest absolute Gasteiger partial charge is 0.481 e. The Morgan fingerprint density at radius 3 is 2.77 bits per heavy atom. The maximum absolute atomic E-state index is 12.4. The van der Waals surface area contributed by atoms with E-state index in [0.717, 1.165) is 16.8 Å². The smallest absolute Gasteiger partial charge is 0.309 e. The van der Waals surface area contributed by atoms with E-state index in [0.29, 0.717) is 5.69 Å². The molecule has 0 saturated carbocycles. The Morgan fingerprint density at radius 1 is 1.36 bits per heavy atom. The summed E-state index contributed by atoms with van der Waals surface area (Å²) in [5, 5.41) is 19.2. The minimum atomic E-state index is -0.995. The van der Waals surface area contributed by atoms with Gasteiger partial charge in [0.1, 0.15) is 6.04 Å². The first-order chi connectivity index (χ1) is 10.4. The molecule has 0 spiro atoms. The molecule has 1 aromatic carbocycles. The van der Waals surface area contributed by atoms with Crippen LogP contribution < -0.4 is 5.32 Å². The lowest BCUT2D eigenvalue weighted by Gasteiger charge is -2.15. The molecule has 2 aromatic rings. The first-order valence-corrected chi connectivity index (χ1v) is 6.87. The number of hydrogen-bond donors (Lipinski definition) is 2. The van der Waals surface area contributed by atoms with Crippen LogP contribution in [-0.2, 0) is 16.0 Å². The van der Waals surface area contributed by atoms with Gasteiger partial charge in [-0.1, -0.05) is 17.3 Å². The van der Waals surface area contributed by atoms with Crippen LogP contribution in [0.15, 0.2) is 24.4 Å². The first kappa shape index (κ1) is 15.7. The number of carboxylic acid groups (broad SMARTS) is 1. The molecule has 1 unspecified atom stereocenters. The van der Waals surface area contributed by atoms with Gasteiger partial charge in [0.2, 0.25) is 5.91 Å². The van der Waals surface area contributed by atoms with Crippen molar-refractivity contribution >= 4 is 17.6 Å². The van der Waals surface area contributed by atoms with Gasteiger partial charge >= 0.3 is 5.97 Å². The molecule has 22 heavy (non-hydrogen) atoms. The summed E-state index contributed by atoms with van der Waals surface area (Å²) < 4.78 is 1.33. The maximum Gasteiger partial charge on any atom is 0.309 e. The number of aryl methyl sites for hydroxylation is 2.